The highest BCUT2D eigenvalue weighted by atomic mass is 35.5. The van der Waals surface area contributed by atoms with Gasteiger partial charge in [-0.2, -0.15) is 0 Å². The van der Waals surface area contributed by atoms with Crippen molar-refractivity contribution in [2.24, 2.45) is 23.7 Å². The standard InChI is InChI=1S/C21H29N5O2.ClH/c27-19-17-15-4-5-16(14-15)18(17)20(28)26(19)9-2-1-8-24-10-12-25(13-11-24)21-22-6-3-7-23-21;/h3,6-7,15-18H,1-2,4-5,8-14H2;1H. The minimum absolute atomic E-state index is 0. The summed E-state index contributed by atoms with van der Waals surface area (Å²) in [6.45, 7) is 5.54. The summed E-state index contributed by atoms with van der Waals surface area (Å²) in [6.07, 6.45) is 8.93. The first-order valence-electron chi connectivity index (χ1n) is 10.8. The Morgan fingerprint density at radius 3 is 2.07 bits per heavy atom. The van der Waals surface area contributed by atoms with E-state index in [-0.39, 0.29) is 36.1 Å². The number of unbranched alkanes of at least 4 members (excludes halogenated alkanes) is 1. The lowest BCUT2D eigenvalue weighted by atomic mass is 9.81. The summed E-state index contributed by atoms with van der Waals surface area (Å²) in [4.78, 5) is 40.4. The van der Waals surface area contributed by atoms with Crippen molar-refractivity contribution in [3.05, 3.63) is 18.5 Å². The fourth-order valence-corrected chi connectivity index (χ4v) is 5.92. The zero-order valence-corrected chi connectivity index (χ0v) is 17.6. The van der Waals surface area contributed by atoms with E-state index in [9.17, 15) is 9.59 Å². The summed E-state index contributed by atoms with van der Waals surface area (Å²) in [6, 6.07) is 1.84. The van der Waals surface area contributed by atoms with Crippen LogP contribution in [0.3, 0.4) is 0 Å². The first-order chi connectivity index (χ1) is 13.7. The van der Waals surface area contributed by atoms with Crippen molar-refractivity contribution in [1.82, 2.24) is 19.8 Å². The summed E-state index contributed by atoms with van der Waals surface area (Å²) >= 11 is 0. The van der Waals surface area contributed by atoms with Crippen molar-refractivity contribution < 1.29 is 9.59 Å². The zero-order valence-electron chi connectivity index (χ0n) is 16.8. The molecule has 0 spiro atoms. The number of anilines is 1. The predicted molar refractivity (Wildman–Crippen MR) is 112 cm³/mol. The molecule has 2 bridgehead atoms. The molecule has 5 rings (SSSR count). The van der Waals surface area contributed by atoms with E-state index in [4.69, 9.17) is 0 Å². The predicted octanol–water partition coefficient (Wildman–Crippen LogP) is 1.83. The van der Waals surface area contributed by atoms with E-state index in [1.54, 1.807) is 17.3 Å². The molecule has 2 aliphatic carbocycles. The van der Waals surface area contributed by atoms with Crippen LogP contribution < -0.4 is 4.90 Å². The van der Waals surface area contributed by atoms with Crippen LogP contribution in [-0.4, -0.2) is 70.9 Å². The van der Waals surface area contributed by atoms with Gasteiger partial charge in [-0.25, -0.2) is 9.97 Å². The molecule has 2 amide bonds. The molecule has 4 fully saturated rings. The van der Waals surface area contributed by atoms with Gasteiger partial charge in [0.1, 0.15) is 0 Å². The van der Waals surface area contributed by atoms with Gasteiger partial charge in [-0.15, -0.1) is 12.4 Å². The molecule has 1 aromatic rings. The minimum Gasteiger partial charge on any atom is -0.338 e. The number of amides is 2. The number of hydrogen-bond donors (Lipinski definition) is 0. The highest BCUT2D eigenvalue weighted by Crippen LogP contribution is 2.56. The molecule has 0 radical (unpaired) electrons. The molecule has 1 aromatic heterocycles. The fourth-order valence-electron chi connectivity index (χ4n) is 5.92. The molecule has 7 nitrogen and oxygen atoms in total. The van der Waals surface area contributed by atoms with Gasteiger partial charge < -0.3 is 4.90 Å². The van der Waals surface area contributed by atoms with Crippen molar-refractivity contribution in [3.63, 3.8) is 0 Å². The molecule has 29 heavy (non-hydrogen) atoms. The number of nitrogens with zero attached hydrogens (tertiary/aromatic N) is 5. The van der Waals surface area contributed by atoms with Crippen LogP contribution in [0.15, 0.2) is 18.5 Å². The van der Waals surface area contributed by atoms with Gasteiger partial charge in [0.15, 0.2) is 0 Å². The van der Waals surface area contributed by atoms with E-state index in [2.05, 4.69) is 19.8 Å². The van der Waals surface area contributed by atoms with Crippen molar-refractivity contribution in [2.75, 3.05) is 44.2 Å². The Morgan fingerprint density at radius 2 is 1.45 bits per heavy atom. The summed E-state index contributed by atoms with van der Waals surface area (Å²) in [5, 5.41) is 0. The second-order valence-electron chi connectivity index (χ2n) is 8.80. The molecule has 8 heteroatoms. The number of hydrogen-bond acceptors (Lipinski definition) is 6. The van der Waals surface area contributed by atoms with Crippen LogP contribution in [-0.2, 0) is 9.59 Å². The van der Waals surface area contributed by atoms with Crippen molar-refractivity contribution >= 4 is 30.2 Å². The molecular weight excluding hydrogens is 390 g/mol. The quantitative estimate of drug-likeness (QED) is 0.517. The van der Waals surface area contributed by atoms with Crippen LogP contribution in [0.25, 0.3) is 0 Å². The monoisotopic (exact) mass is 419 g/mol. The normalized spacial score (nSPS) is 31.3. The second kappa shape index (κ2) is 8.56. The maximum Gasteiger partial charge on any atom is 0.233 e. The van der Waals surface area contributed by atoms with Crippen LogP contribution in [0.2, 0.25) is 0 Å². The number of fused-ring (bicyclic) bond motifs is 5. The Labute approximate surface area is 178 Å². The van der Waals surface area contributed by atoms with Crippen molar-refractivity contribution in [3.8, 4) is 0 Å². The lowest BCUT2D eigenvalue weighted by molar-refractivity contribution is -0.140. The lowest BCUT2D eigenvalue weighted by Gasteiger charge is -2.34. The third-order valence-electron chi connectivity index (χ3n) is 7.33. The average Bonchev–Trinajstić information content (AvgIpc) is 3.41. The smallest absolute Gasteiger partial charge is 0.233 e. The number of halogens is 1. The van der Waals surface area contributed by atoms with Crippen LogP contribution in [0, 0.1) is 23.7 Å². The third kappa shape index (κ3) is 3.75. The summed E-state index contributed by atoms with van der Waals surface area (Å²) in [7, 11) is 0. The van der Waals surface area contributed by atoms with E-state index in [0.717, 1.165) is 70.8 Å². The molecule has 0 aromatic carbocycles. The first kappa shape index (κ1) is 20.5. The van der Waals surface area contributed by atoms with E-state index >= 15 is 0 Å². The van der Waals surface area contributed by atoms with Crippen LogP contribution in [0.5, 0.6) is 0 Å². The molecule has 158 valence electrons. The molecule has 4 unspecified atom stereocenters. The van der Waals surface area contributed by atoms with Crippen LogP contribution in [0.1, 0.15) is 32.1 Å². The number of carbonyl (C=O) groups is 2. The Morgan fingerprint density at radius 1 is 0.862 bits per heavy atom. The SMILES string of the molecule is Cl.O=C1C2C3CCC(C3)C2C(=O)N1CCCCN1CCN(c2ncccn2)CC1. The largest absolute Gasteiger partial charge is 0.338 e. The van der Waals surface area contributed by atoms with Crippen molar-refractivity contribution in [1.29, 1.82) is 0 Å². The second-order valence-corrected chi connectivity index (χ2v) is 8.80. The number of imide groups is 1. The summed E-state index contributed by atoms with van der Waals surface area (Å²) < 4.78 is 0. The third-order valence-corrected chi connectivity index (χ3v) is 7.33. The molecule has 4 aliphatic rings. The summed E-state index contributed by atoms with van der Waals surface area (Å²) in [5.41, 5.74) is 0. The zero-order chi connectivity index (χ0) is 19.1. The Kier molecular flexibility index (Phi) is 6.06. The van der Waals surface area contributed by atoms with Gasteiger partial charge in [0.2, 0.25) is 17.8 Å². The van der Waals surface area contributed by atoms with Gasteiger partial charge >= 0.3 is 0 Å². The number of rotatable bonds is 6. The van der Waals surface area contributed by atoms with E-state index in [0.29, 0.717) is 18.4 Å². The van der Waals surface area contributed by atoms with Gasteiger partial charge in [-0.3, -0.25) is 19.4 Å². The van der Waals surface area contributed by atoms with Gasteiger partial charge in [0.25, 0.3) is 0 Å². The first-order valence-corrected chi connectivity index (χ1v) is 10.8. The Hall–Kier alpha value is -1.73. The highest BCUT2D eigenvalue weighted by Gasteiger charge is 2.60. The molecule has 0 N–H and O–H groups in total. The molecular formula is C21H30ClN5O2. The van der Waals surface area contributed by atoms with Gasteiger partial charge in [0.05, 0.1) is 11.8 Å². The minimum atomic E-state index is 0. The average molecular weight is 420 g/mol. The summed E-state index contributed by atoms with van der Waals surface area (Å²) in [5.74, 6) is 2.12. The molecule has 4 atom stereocenters. The number of piperazine rings is 1. The highest BCUT2D eigenvalue weighted by molar-refractivity contribution is 6.06. The number of carbonyl (C=O) groups excluding carboxylic acids is 2. The van der Waals surface area contributed by atoms with E-state index in [1.165, 1.54) is 0 Å². The van der Waals surface area contributed by atoms with Crippen molar-refractivity contribution in [2.45, 2.75) is 32.1 Å². The van der Waals surface area contributed by atoms with E-state index in [1.807, 2.05) is 6.07 Å². The fraction of sp³-hybridized carbons (Fsp3) is 0.714. The number of aromatic nitrogens is 2. The lowest BCUT2D eigenvalue weighted by Crippen LogP contribution is -2.47. The Balaban J connectivity index is 0.00000205. The topological polar surface area (TPSA) is 69.6 Å². The molecule has 3 heterocycles. The maximum absolute atomic E-state index is 12.7. The Bertz CT molecular complexity index is 712. The molecule has 2 saturated heterocycles. The van der Waals surface area contributed by atoms with Gasteiger partial charge in [-0.05, 0) is 56.6 Å². The van der Waals surface area contributed by atoms with Crippen LogP contribution in [0.4, 0.5) is 5.95 Å². The number of likely N-dealkylation sites (tertiary alicyclic amines) is 1. The molecule has 2 saturated carbocycles. The van der Waals surface area contributed by atoms with Crippen LogP contribution >= 0.6 is 12.4 Å². The van der Waals surface area contributed by atoms with Gasteiger partial charge in [0, 0.05) is 45.1 Å². The molecule has 2 aliphatic heterocycles. The van der Waals surface area contributed by atoms with E-state index < -0.39 is 0 Å². The maximum atomic E-state index is 12.7. The van der Waals surface area contributed by atoms with Gasteiger partial charge in [-0.1, -0.05) is 0 Å².